The van der Waals surface area contributed by atoms with E-state index in [1.54, 1.807) is 6.92 Å². The molecule has 1 saturated carbocycles. The van der Waals surface area contributed by atoms with Crippen LogP contribution in [0.3, 0.4) is 0 Å². The molecule has 0 bridgehead atoms. The molecule has 1 aliphatic rings. The van der Waals surface area contributed by atoms with Gasteiger partial charge in [-0.3, -0.25) is 4.79 Å². The zero-order chi connectivity index (χ0) is 15.5. The number of nitrogens with zero attached hydrogens (tertiary/aromatic N) is 1. The predicted octanol–water partition coefficient (Wildman–Crippen LogP) is 3.96. The average molecular weight is 288 g/mol. The molecule has 0 heterocycles. The van der Waals surface area contributed by atoms with Gasteiger partial charge in [-0.05, 0) is 44.4 Å². The number of anilines is 1. The Hall–Kier alpha value is -1.35. The average Bonchev–Trinajstić information content (AvgIpc) is 2.67. The molecular weight excluding hydrogens is 260 g/mol. The van der Waals surface area contributed by atoms with Crippen LogP contribution in [-0.4, -0.2) is 11.9 Å². The van der Waals surface area contributed by atoms with E-state index in [4.69, 9.17) is 5.73 Å². The summed E-state index contributed by atoms with van der Waals surface area (Å²) in [6.45, 7) is 5.66. The summed E-state index contributed by atoms with van der Waals surface area (Å²) in [6.07, 6.45) is 7.27. The number of amides is 1. The largest absolute Gasteiger partial charge is 0.322 e. The maximum Gasteiger partial charge on any atom is 0.224 e. The van der Waals surface area contributed by atoms with Gasteiger partial charge in [-0.25, -0.2) is 0 Å². The standard InChI is InChI=1S/C18H28N2O/c1-14(21)20(16-8-6-4-5-7-9-16)17-12-10-15(11-13-17)18(2,3)19/h10-13,16H,4-9,19H2,1-3H3. The van der Waals surface area contributed by atoms with Crippen molar-refractivity contribution in [2.75, 3.05) is 4.90 Å². The second kappa shape index (κ2) is 6.61. The van der Waals surface area contributed by atoms with E-state index in [-0.39, 0.29) is 11.4 Å². The van der Waals surface area contributed by atoms with Crippen molar-refractivity contribution < 1.29 is 4.79 Å². The summed E-state index contributed by atoms with van der Waals surface area (Å²) < 4.78 is 0. The molecule has 2 rings (SSSR count). The van der Waals surface area contributed by atoms with E-state index in [9.17, 15) is 4.79 Å². The molecule has 116 valence electrons. The molecule has 0 unspecified atom stereocenters. The van der Waals surface area contributed by atoms with Crippen molar-refractivity contribution in [3.05, 3.63) is 29.8 Å². The normalized spacial score (nSPS) is 17.3. The Morgan fingerprint density at radius 1 is 1.10 bits per heavy atom. The molecule has 1 aromatic carbocycles. The molecule has 0 atom stereocenters. The van der Waals surface area contributed by atoms with E-state index < -0.39 is 0 Å². The minimum atomic E-state index is -0.345. The smallest absolute Gasteiger partial charge is 0.224 e. The van der Waals surface area contributed by atoms with Crippen molar-refractivity contribution in [3.63, 3.8) is 0 Å². The van der Waals surface area contributed by atoms with Crippen LogP contribution in [0.25, 0.3) is 0 Å². The van der Waals surface area contributed by atoms with Crippen LogP contribution >= 0.6 is 0 Å². The summed E-state index contributed by atoms with van der Waals surface area (Å²) >= 11 is 0. The second-order valence-electron chi connectivity index (χ2n) is 6.80. The number of hydrogen-bond donors (Lipinski definition) is 1. The SMILES string of the molecule is CC(=O)N(c1ccc(C(C)(C)N)cc1)C1CCCCCC1. The lowest BCUT2D eigenvalue weighted by molar-refractivity contribution is -0.117. The van der Waals surface area contributed by atoms with Crippen LogP contribution in [0.2, 0.25) is 0 Å². The first-order valence-electron chi connectivity index (χ1n) is 8.09. The van der Waals surface area contributed by atoms with Crippen LogP contribution in [0.5, 0.6) is 0 Å². The van der Waals surface area contributed by atoms with Crippen LogP contribution in [0, 0.1) is 0 Å². The van der Waals surface area contributed by atoms with Gasteiger partial charge in [0.05, 0.1) is 0 Å². The first kappa shape index (κ1) is 16.0. The minimum absolute atomic E-state index is 0.140. The van der Waals surface area contributed by atoms with Crippen molar-refractivity contribution in [3.8, 4) is 0 Å². The maximum atomic E-state index is 12.1. The summed E-state index contributed by atoms with van der Waals surface area (Å²) in [5.74, 6) is 0.140. The summed E-state index contributed by atoms with van der Waals surface area (Å²) in [6, 6.07) is 8.51. The van der Waals surface area contributed by atoms with Crippen LogP contribution in [0.15, 0.2) is 24.3 Å². The minimum Gasteiger partial charge on any atom is -0.322 e. The fourth-order valence-electron chi connectivity index (χ4n) is 3.22. The summed E-state index contributed by atoms with van der Waals surface area (Å²) in [5.41, 5.74) is 7.88. The van der Waals surface area contributed by atoms with Crippen LogP contribution in [0.1, 0.15) is 64.9 Å². The Morgan fingerprint density at radius 3 is 2.05 bits per heavy atom. The van der Waals surface area contributed by atoms with Crippen molar-refractivity contribution >= 4 is 11.6 Å². The lowest BCUT2D eigenvalue weighted by atomic mass is 9.95. The van der Waals surface area contributed by atoms with Crippen molar-refractivity contribution in [1.82, 2.24) is 0 Å². The molecule has 1 amide bonds. The highest BCUT2D eigenvalue weighted by Gasteiger charge is 2.24. The summed E-state index contributed by atoms with van der Waals surface area (Å²) in [5, 5.41) is 0. The third-order valence-electron chi connectivity index (χ3n) is 4.42. The van der Waals surface area contributed by atoms with Crippen molar-refractivity contribution in [1.29, 1.82) is 0 Å². The van der Waals surface area contributed by atoms with Gasteiger partial charge >= 0.3 is 0 Å². The van der Waals surface area contributed by atoms with Gasteiger partial charge < -0.3 is 10.6 Å². The lowest BCUT2D eigenvalue weighted by Crippen LogP contribution is -2.39. The molecule has 1 fully saturated rings. The van der Waals surface area contributed by atoms with E-state index in [2.05, 4.69) is 0 Å². The fourth-order valence-corrected chi connectivity index (χ4v) is 3.22. The molecule has 1 aliphatic carbocycles. The Balaban J connectivity index is 2.23. The molecule has 0 saturated heterocycles. The zero-order valence-electron chi connectivity index (χ0n) is 13.6. The lowest BCUT2D eigenvalue weighted by Gasteiger charge is -2.31. The highest BCUT2D eigenvalue weighted by molar-refractivity contribution is 5.92. The van der Waals surface area contributed by atoms with Gasteiger partial charge in [-0.1, -0.05) is 37.8 Å². The van der Waals surface area contributed by atoms with E-state index in [1.807, 2.05) is 43.0 Å². The second-order valence-corrected chi connectivity index (χ2v) is 6.80. The molecule has 21 heavy (non-hydrogen) atoms. The maximum absolute atomic E-state index is 12.1. The number of benzene rings is 1. The van der Waals surface area contributed by atoms with Gasteiger partial charge in [0.25, 0.3) is 0 Å². The number of nitrogens with two attached hydrogens (primary N) is 1. The number of carbonyl (C=O) groups is 1. The molecule has 1 aromatic rings. The number of carbonyl (C=O) groups excluding carboxylic acids is 1. The quantitative estimate of drug-likeness (QED) is 0.856. The van der Waals surface area contributed by atoms with Crippen LogP contribution in [-0.2, 0) is 10.3 Å². The molecule has 3 heteroatoms. The van der Waals surface area contributed by atoms with E-state index >= 15 is 0 Å². The third-order valence-corrected chi connectivity index (χ3v) is 4.42. The first-order chi connectivity index (χ1) is 9.89. The molecule has 3 nitrogen and oxygen atoms in total. The predicted molar refractivity (Wildman–Crippen MR) is 88.3 cm³/mol. The van der Waals surface area contributed by atoms with Gasteiger partial charge in [0.2, 0.25) is 5.91 Å². The molecule has 0 aromatic heterocycles. The van der Waals surface area contributed by atoms with Gasteiger partial charge in [-0.2, -0.15) is 0 Å². The molecule has 0 aliphatic heterocycles. The number of rotatable bonds is 3. The van der Waals surface area contributed by atoms with Gasteiger partial charge in [0.15, 0.2) is 0 Å². The highest BCUT2D eigenvalue weighted by Crippen LogP contribution is 2.28. The van der Waals surface area contributed by atoms with Crippen LogP contribution in [0.4, 0.5) is 5.69 Å². The number of hydrogen-bond acceptors (Lipinski definition) is 2. The van der Waals surface area contributed by atoms with Gasteiger partial charge in [0.1, 0.15) is 0 Å². The molecule has 2 N–H and O–H groups in total. The Labute approximate surface area is 128 Å². The van der Waals surface area contributed by atoms with Crippen molar-refractivity contribution in [2.24, 2.45) is 5.73 Å². The summed E-state index contributed by atoms with van der Waals surface area (Å²) in [7, 11) is 0. The highest BCUT2D eigenvalue weighted by atomic mass is 16.2. The van der Waals surface area contributed by atoms with Gasteiger partial charge in [0, 0.05) is 24.2 Å². The topological polar surface area (TPSA) is 46.3 Å². The Kier molecular flexibility index (Phi) is 5.04. The molecule has 0 radical (unpaired) electrons. The first-order valence-corrected chi connectivity index (χ1v) is 8.09. The van der Waals surface area contributed by atoms with E-state index in [0.29, 0.717) is 6.04 Å². The fraction of sp³-hybridized carbons (Fsp3) is 0.611. The van der Waals surface area contributed by atoms with Crippen LogP contribution < -0.4 is 10.6 Å². The summed E-state index contributed by atoms with van der Waals surface area (Å²) in [4.78, 5) is 14.1. The van der Waals surface area contributed by atoms with E-state index in [0.717, 1.165) is 24.1 Å². The molecule has 0 spiro atoms. The Morgan fingerprint density at radius 2 is 1.62 bits per heavy atom. The monoisotopic (exact) mass is 288 g/mol. The zero-order valence-corrected chi connectivity index (χ0v) is 13.6. The molecular formula is C18H28N2O. The third kappa shape index (κ3) is 4.07. The van der Waals surface area contributed by atoms with Gasteiger partial charge in [-0.15, -0.1) is 0 Å². The van der Waals surface area contributed by atoms with Crippen molar-refractivity contribution in [2.45, 2.75) is 70.9 Å². The van der Waals surface area contributed by atoms with E-state index in [1.165, 1.54) is 25.7 Å². The Bertz CT molecular complexity index is 465.